The molecule has 0 spiro atoms. The largest absolute Gasteiger partial charge is 0.507 e. The van der Waals surface area contributed by atoms with Crippen molar-refractivity contribution in [3.8, 4) is 22.8 Å². The van der Waals surface area contributed by atoms with Crippen LogP contribution in [-0.2, 0) is 17.8 Å². The number of phenols is 2. The number of hydrogen-bond donors (Lipinski definition) is 2. The van der Waals surface area contributed by atoms with E-state index in [1.54, 1.807) is 0 Å². The van der Waals surface area contributed by atoms with Crippen LogP contribution in [0, 0.1) is 5.92 Å². The van der Waals surface area contributed by atoms with Gasteiger partial charge in [0.1, 0.15) is 11.5 Å². The first-order valence-corrected chi connectivity index (χ1v) is 9.48. The molecule has 7 nitrogen and oxygen atoms in total. The SMILES string of the molecule is CN1CCC(C(=O)N2CCc3noc(-c4cc(Cl)c(O)cc4O)c3C2)CC1. The predicted molar refractivity (Wildman–Crippen MR) is 99.6 cm³/mol. The summed E-state index contributed by atoms with van der Waals surface area (Å²) in [6.45, 7) is 2.89. The molecular weight excluding hydrogens is 370 g/mol. The van der Waals surface area contributed by atoms with Crippen molar-refractivity contribution in [2.75, 3.05) is 26.7 Å². The van der Waals surface area contributed by atoms with Crippen LogP contribution in [0.1, 0.15) is 24.1 Å². The zero-order valence-corrected chi connectivity index (χ0v) is 15.9. The molecule has 2 aliphatic rings. The lowest BCUT2D eigenvalue weighted by molar-refractivity contribution is -0.137. The van der Waals surface area contributed by atoms with Gasteiger partial charge in [-0.2, -0.15) is 0 Å². The van der Waals surface area contributed by atoms with E-state index in [2.05, 4.69) is 17.1 Å². The van der Waals surface area contributed by atoms with Gasteiger partial charge in [0.15, 0.2) is 5.76 Å². The molecule has 1 fully saturated rings. The molecule has 27 heavy (non-hydrogen) atoms. The summed E-state index contributed by atoms with van der Waals surface area (Å²) in [6.07, 6.45) is 2.37. The van der Waals surface area contributed by atoms with Gasteiger partial charge in [-0.3, -0.25) is 4.79 Å². The number of fused-ring (bicyclic) bond motifs is 1. The first-order valence-electron chi connectivity index (χ1n) is 9.10. The quantitative estimate of drug-likeness (QED) is 0.817. The van der Waals surface area contributed by atoms with Gasteiger partial charge < -0.3 is 24.5 Å². The van der Waals surface area contributed by atoms with Gasteiger partial charge in [-0.25, -0.2) is 0 Å². The number of aromatic hydroxyl groups is 2. The van der Waals surface area contributed by atoms with Gasteiger partial charge in [0.25, 0.3) is 0 Å². The third kappa shape index (κ3) is 3.37. The number of piperidine rings is 1. The molecule has 0 bridgehead atoms. The summed E-state index contributed by atoms with van der Waals surface area (Å²) in [5, 5.41) is 24.1. The number of carbonyl (C=O) groups is 1. The van der Waals surface area contributed by atoms with Crippen molar-refractivity contribution >= 4 is 17.5 Å². The number of likely N-dealkylation sites (tertiary alicyclic amines) is 1. The Morgan fingerprint density at radius 2 is 1.96 bits per heavy atom. The molecule has 1 saturated heterocycles. The highest BCUT2D eigenvalue weighted by molar-refractivity contribution is 6.32. The maximum atomic E-state index is 13.0. The minimum absolute atomic E-state index is 0.0579. The summed E-state index contributed by atoms with van der Waals surface area (Å²) in [5.74, 6) is 0.279. The molecule has 2 N–H and O–H groups in total. The number of halogens is 1. The third-order valence-corrected chi connectivity index (χ3v) is 5.83. The van der Waals surface area contributed by atoms with Gasteiger partial charge in [0.05, 0.1) is 22.8 Å². The molecular formula is C19H22ClN3O4. The van der Waals surface area contributed by atoms with Crippen molar-refractivity contribution in [3.05, 3.63) is 28.4 Å². The molecule has 0 atom stereocenters. The van der Waals surface area contributed by atoms with E-state index in [4.69, 9.17) is 16.1 Å². The van der Waals surface area contributed by atoms with Crippen LogP contribution in [0.5, 0.6) is 11.5 Å². The Morgan fingerprint density at radius 1 is 1.22 bits per heavy atom. The number of aromatic nitrogens is 1. The lowest BCUT2D eigenvalue weighted by Gasteiger charge is -2.34. The van der Waals surface area contributed by atoms with Crippen molar-refractivity contribution in [1.29, 1.82) is 0 Å². The Kier molecular flexibility index (Phi) is 4.74. The zero-order chi connectivity index (χ0) is 19.1. The molecule has 2 aliphatic heterocycles. The topological polar surface area (TPSA) is 90.0 Å². The van der Waals surface area contributed by atoms with Crippen LogP contribution in [0.3, 0.4) is 0 Å². The number of phenolic OH excluding ortho intramolecular Hbond substituents is 2. The van der Waals surface area contributed by atoms with Gasteiger partial charge in [-0.1, -0.05) is 16.8 Å². The van der Waals surface area contributed by atoms with E-state index in [0.717, 1.165) is 37.2 Å². The van der Waals surface area contributed by atoms with Gasteiger partial charge in [-0.05, 0) is 39.0 Å². The van der Waals surface area contributed by atoms with Gasteiger partial charge in [0.2, 0.25) is 5.91 Å². The van der Waals surface area contributed by atoms with Crippen molar-refractivity contribution in [2.24, 2.45) is 5.92 Å². The van der Waals surface area contributed by atoms with Crippen molar-refractivity contribution in [3.63, 3.8) is 0 Å². The van der Waals surface area contributed by atoms with Gasteiger partial charge in [-0.15, -0.1) is 0 Å². The van der Waals surface area contributed by atoms with E-state index < -0.39 is 0 Å². The van der Waals surface area contributed by atoms with Crippen molar-refractivity contribution < 1.29 is 19.5 Å². The highest BCUT2D eigenvalue weighted by Crippen LogP contribution is 2.40. The Labute approximate surface area is 162 Å². The first-order chi connectivity index (χ1) is 12.9. The molecule has 3 heterocycles. The predicted octanol–water partition coefficient (Wildman–Crippen LogP) is 2.63. The highest BCUT2D eigenvalue weighted by Gasteiger charge is 2.33. The second-order valence-corrected chi connectivity index (χ2v) is 7.75. The van der Waals surface area contributed by atoms with E-state index in [1.807, 2.05) is 4.90 Å². The van der Waals surface area contributed by atoms with Crippen LogP contribution < -0.4 is 0 Å². The Balaban J connectivity index is 1.59. The van der Waals surface area contributed by atoms with Crippen LogP contribution in [-0.4, -0.2) is 57.8 Å². The standard InChI is InChI=1S/C19H22ClN3O4/c1-22-5-2-11(3-6-22)19(26)23-7-4-15-13(10-23)18(27-21-15)12-8-14(20)17(25)9-16(12)24/h8-9,11,24-25H,2-7,10H2,1H3. The van der Waals surface area contributed by atoms with Gasteiger partial charge >= 0.3 is 0 Å². The van der Waals surface area contributed by atoms with Crippen molar-refractivity contribution in [2.45, 2.75) is 25.8 Å². The van der Waals surface area contributed by atoms with E-state index in [9.17, 15) is 15.0 Å². The normalized spacial score (nSPS) is 18.5. The summed E-state index contributed by atoms with van der Waals surface area (Å²) in [7, 11) is 2.08. The number of carbonyl (C=O) groups excluding carboxylic acids is 1. The van der Waals surface area contributed by atoms with Crippen LogP contribution in [0.4, 0.5) is 0 Å². The maximum absolute atomic E-state index is 13.0. The van der Waals surface area contributed by atoms with E-state index in [1.165, 1.54) is 12.1 Å². The zero-order valence-electron chi connectivity index (χ0n) is 15.1. The molecule has 1 aromatic carbocycles. The summed E-state index contributed by atoms with van der Waals surface area (Å²) >= 11 is 5.99. The fraction of sp³-hybridized carbons (Fsp3) is 0.474. The fourth-order valence-corrected chi connectivity index (χ4v) is 4.02. The Morgan fingerprint density at radius 3 is 2.70 bits per heavy atom. The fourth-order valence-electron chi connectivity index (χ4n) is 3.86. The second kappa shape index (κ2) is 7.05. The number of nitrogens with zero attached hydrogens (tertiary/aromatic N) is 3. The molecule has 0 radical (unpaired) electrons. The smallest absolute Gasteiger partial charge is 0.226 e. The van der Waals surface area contributed by atoms with Crippen LogP contribution in [0.25, 0.3) is 11.3 Å². The molecule has 2 aromatic rings. The second-order valence-electron chi connectivity index (χ2n) is 7.35. The number of amides is 1. The summed E-state index contributed by atoms with van der Waals surface area (Å²) in [4.78, 5) is 17.1. The highest BCUT2D eigenvalue weighted by atomic mass is 35.5. The molecule has 1 amide bonds. The maximum Gasteiger partial charge on any atom is 0.226 e. The number of rotatable bonds is 2. The average molecular weight is 392 g/mol. The number of hydrogen-bond acceptors (Lipinski definition) is 6. The minimum Gasteiger partial charge on any atom is -0.507 e. The van der Waals surface area contributed by atoms with Crippen LogP contribution in [0.15, 0.2) is 16.7 Å². The van der Waals surface area contributed by atoms with Gasteiger partial charge in [0, 0.05) is 30.5 Å². The van der Waals surface area contributed by atoms with Crippen LogP contribution in [0.2, 0.25) is 5.02 Å². The molecule has 8 heteroatoms. The third-order valence-electron chi connectivity index (χ3n) is 5.53. The van der Waals surface area contributed by atoms with E-state index in [0.29, 0.717) is 30.8 Å². The molecule has 144 valence electrons. The summed E-state index contributed by atoms with van der Waals surface area (Å²) in [6, 6.07) is 2.63. The minimum atomic E-state index is -0.203. The van der Waals surface area contributed by atoms with Crippen molar-refractivity contribution in [1.82, 2.24) is 15.0 Å². The lowest BCUT2D eigenvalue weighted by Crippen LogP contribution is -2.43. The molecule has 0 saturated carbocycles. The monoisotopic (exact) mass is 391 g/mol. The van der Waals surface area contributed by atoms with E-state index in [-0.39, 0.29) is 28.3 Å². The Bertz CT molecular complexity index is 874. The Hall–Kier alpha value is -2.25. The molecule has 0 unspecified atom stereocenters. The van der Waals surface area contributed by atoms with E-state index >= 15 is 0 Å². The summed E-state index contributed by atoms with van der Waals surface area (Å²) < 4.78 is 5.47. The lowest BCUT2D eigenvalue weighted by atomic mass is 9.93. The van der Waals surface area contributed by atoms with Crippen LogP contribution >= 0.6 is 11.6 Å². The average Bonchev–Trinajstić information content (AvgIpc) is 3.07. The molecule has 1 aromatic heterocycles. The molecule has 0 aliphatic carbocycles. The molecule has 4 rings (SSSR count). The number of benzene rings is 1. The summed E-state index contributed by atoms with van der Waals surface area (Å²) in [5.41, 5.74) is 1.95. The first kappa shape index (κ1) is 18.1.